The van der Waals surface area contributed by atoms with Gasteiger partial charge in [-0.15, -0.1) is 0 Å². The van der Waals surface area contributed by atoms with Crippen molar-refractivity contribution in [1.82, 2.24) is 5.16 Å². The predicted molar refractivity (Wildman–Crippen MR) is 108 cm³/mol. The number of hydrogen-bond acceptors (Lipinski definition) is 7. The first-order valence-electron chi connectivity index (χ1n) is 9.51. The second-order valence-electron chi connectivity index (χ2n) is 7.06. The van der Waals surface area contributed by atoms with Gasteiger partial charge in [-0.1, -0.05) is 29.4 Å². The summed E-state index contributed by atoms with van der Waals surface area (Å²) >= 11 is 0. The van der Waals surface area contributed by atoms with Crippen LogP contribution in [0.1, 0.15) is 22.6 Å². The summed E-state index contributed by atoms with van der Waals surface area (Å²) in [6.45, 7) is -0.477. The van der Waals surface area contributed by atoms with E-state index in [4.69, 9.17) is 19.6 Å². The van der Waals surface area contributed by atoms with Crippen LogP contribution in [0.4, 0.5) is 10.2 Å². The van der Waals surface area contributed by atoms with Gasteiger partial charge >= 0.3 is 0 Å². The van der Waals surface area contributed by atoms with Gasteiger partial charge in [0, 0.05) is 25.0 Å². The van der Waals surface area contributed by atoms with Crippen LogP contribution >= 0.6 is 7.82 Å². The van der Waals surface area contributed by atoms with E-state index in [0.29, 0.717) is 35.6 Å². The Morgan fingerprint density at radius 2 is 1.88 bits per heavy atom. The minimum atomic E-state index is -4.88. The zero-order chi connectivity index (χ0) is 22.7. The minimum absolute atomic E-state index is 0.183. The molecule has 4 rings (SSSR count). The molecular formula is C21H19FN3O6P. The van der Waals surface area contributed by atoms with Gasteiger partial charge < -0.3 is 18.7 Å². The molecule has 3 aromatic heterocycles. The van der Waals surface area contributed by atoms with Crippen LogP contribution in [0, 0.1) is 6.01 Å². The molecule has 0 saturated heterocycles. The Balaban J connectivity index is 1.44. The molecule has 166 valence electrons. The maximum absolute atomic E-state index is 13.0. The van der Waals surface area contributed by atoms with Gasteiger partial charge in [0.1, 0.15) is 11.3 Å². The molecule has 32 heavy (non-hydrogen) atoms. The Bertz CT molecular complexity index is 1260. The Morgan fingerprint density at radius 1 is 1.16 bits per heavy atom. The van der Waals surface area contributed by atoms with Gasteiger partial charge in [0.25, 0.3) is 19.7 Å². The summed E-state index contributed by atoms with van der Waals surface area (Å²) in [5.41, 5.74) is 9.23. The molecule has 0 radical (unpaired) electrons. The molecule has 1 aromatic carbocycles. The molecule has 0 bridgehead atoms. The van der Waals surface area contributed by atoms with Gasteiger partial charge in [0.2, 0.25) is 0 Å². The van der Waals surface area contributed by atoms with Gasteiger partial charge in [-0.25, -0.2) is 4.57 Å². The number of furan rings is 1. The molecule has 1 atom stereocenters. The lowest BCUT2D eigenvalue weighted by Gasteiger charge is -2.14. The molecule has 0 aliphatic rings. The largest absolute Gasteiger partial charge is 0.756 e. The van der Waals surface area contributed by atoms with Gasteiger partial charge in [0.15, 0.2) is 12.5 Å². The van der Waals surface area contributed by atoms with Crippen LogP contribution in [0.2, 0.25) is 0 Å². The molecule has 0 aliphatic carbocycles. The second-order valence-corrected chi connectivity index (χ2v) is 8.26. The summed E-state index contributed by atoms with van der Waals surface area (Å²) in [6.07, 6.45) is 2.51. The van der Waals surface area contributed by atoms with Crippen molar-refractivity contribution >= 4 is 13.6 Å². The fourth-order valence-electron chi connectivity index (χ4n) is 3.17. The van der Waals surface area contributed by atoms with E-state index in [1.807, 2.05) is 24.3 Å². The zero-order valence-corrected chi connectivity index (χ0v) is 17.6. The van der Waals surface area contributed by atoms with E-state index in [1.54, 1.807) is 24.3 Å². The fraction of sp³-hybridized carbons (Fsp3) is 0.143. The molecule has 0 fully saturated rings. The van der Waals surface area contributed by atoms with Gasteiger partial charge in [-0.3, -0.25) is 14.8 Å². The highest BCUT2D eigenvalue weighted by atomic mass is 31.2. The summed E-state index contributed by atoms with van der Waals surface area (Å²) in [6, 6.07) is 15.1. The van der Waals surface area contributed by atoms with Crippen LogP contribution in [0.25, 0.3) is 11.3 Å². The topological polar surface area (TPSA) is 139 Å². The predicted octanol–water partition coefficient (Wildman–Crippen LogP) is 2.56. The van der Waals surface area contributed by atoms with Crippen molar-refractivity contribution in [2.45, 2.75) is 19.6 Å². The van der Waals surface area contributed by atoms with Crippen molar-refractivity contribution < 1.29 is 36.8 Å². The average Bonchev–Trinajstić information content (AvgIpc) is 3.37. The van der Waals surface area contributed by atoms with Crippen LogP contribution in [0.5, 0.6) is 0 Å². The second kappa shape index (κ2) is 9.05. The van der Waals surface area contributed by atoms with Crippen molar-refractivity contribution in [2.24, 2.45) is 0 Å². The summed E-state index contributed by atoms with van der Waals surface area (Å²) in [5, 5.41) is 4.07. The number of aromatic nitrogens is 2. The summed E-state index contributed by atoms with van der Waals surface area (Å²) in [5.74, 6) is 1.14. The van der Waals surface area contributed by atoms with E-state index in [2.05, 4.69) is 9.68 Å². The quantitative estimate of drug-likeness (QED) is 0.303. The van der Waals surface area contributed by atoms with Crippen LogP contribution < -0.4 is 15.2 Å². The molecule has 0 saturated carbocycles. The van der Waals surface area contributed by atoms with E-state index in [0.717, 1.165) is 11.1 Å². The van der Waals surface area contributed by atoms with Gasteiger partial charge in [-0.05, 0) is 29.3 Å². The number of benzene rings is 1. The molecule has 4 aromatic rings. The van der Waals surface area contributed by atoms with Crippen molar-refractivity contribution in [3.8, 4) is 11.3 Å². The smallest absolute Gasteiger partial charge is 0.285 e. The fourth-order valence-corrected chi connectivity index (χ4v) is 3.44. The van der Waals surface area contributed by atoms with Gasteiger partial charge in [-0.2, -0.15) is 4.39 Å². The summed E-state index contributed by atoms with van der Waals surface area (Å²) < 4.78 is 39.8. The lowest BCUT2D eigenvalue weighted by molar-refractivity contribution is -0.712. The average molecular weight is 459 g/mol. The van der Waals surface area contributed by atoms with E-state index < -0.39 is 20.6 Å². The SMILES string of the molecule is Nc1c(-c2cc(Cc3ccc(Cc4ccc(F)o4)cc3)no2)ccc[n+]1COP(=O)([O-])O. The number of phosphoric ester groups is 1. The highest BCUT2D eigenvalue weighted by Crippen LogP contribution is 2.30. The Morgan fingerprint density at radius 3 is 2.53 bits per heavy atom. The number of nitrogens with two attached hydrogens (primary N) is 1. The lowest BCUT2D eigenvalue weighted by Crippen LogP contribution is -2.38. The third kappa shape index (κ3) is 5.49. The standard InChI is InChI=1S/C21H19FN3O6P/c22-20-8-7-17(30-20)11-15-5-3-14(4-6-15)10-16-12-19(31-24-16)18-2-1-9-25(21(18)23)13-29-32(26,27)28/h1-9,12,23H,10-11,13H2,(H2,26,27,28). The number of halogens is 1. The number of phosphoric acid groups is 1. The normalized spacial score (nSPS) is 13.2. The maximum Gasteiger partial charge on any atom is 0.285 e. The van der Waals surface area contributed by atoms with Crippen LogP contribution in [0.3, 0.4) is 0 Å². The Hall–Kier alpha value is -3.30. The molecule has 3 N–H and O–H groups in total. The van der Waals surface area contributed by atoms with Crippen molar-refractivity contribution in [2.75, 3.05) is 5.73 Å². The van der Waals surface area contributed by atoms with Crippen molar-refractivity contribution in [1.29, 1.82) is 0 Å². The van der Waals surface area contributed by atoms with E-state index in [1.165, 1.54) is 16.8 Å². The van der Waals surface area contributed by atoms with Crippen LogP contribution in [-0.4, -0.2) is 10.1 Å². The first-order chi connectivity index (χ1) is 15.3. The number of anilines is 1. The number of rotatable bonds is 8. The maximum atomic E-state index is 13.0. The zero-order valence-electron chi connectivity index (χ0n) is 16.7. The molecular weight excluding hydrogens is 440 g/mol. The van der Waals surface area contributed by atoms with Gasteiger partial charge in [0.05, 0.1) is 11.9 Å². The lowest BCUT2D eigenvalue weighted by atomic mass is 10.0. The minimum Gasteiger partial charge on any atom is -0.756 e. The highest BCUT2D eigenvalue weighted by molar-refractivity contribution is 7.44. The number of hydrogen-bond donors (Lipinski definition) is 2. The summed E-state index contributed by atoms with van der Waals surface area (Å²) in [4.78, 5) is 19.6. The Kier molecular flexibility index (Phi) is 6.20. The molecule has 0 spiro atoms. The summed E-state index contributed by atoms with van der Waals surface area (Å²) in [7, 11) is -4.88. The monoisotopic (exact) mass is 459 g/mol. The molecule has 9 nitrogen and oxygen atoms in total. The highest BCUT2D eigenvalue weighted by Gasteiger charge is 2.18. The van der Waals surface area contributed by atoms with E-state index in [-0.39, 0.29) is 5.82 Å². The van der Waals surface area contributed by atoms with Crippen molar-refractivity contribution in [3.63, 3.8) is 0 Å². The number of pyridine rings is 1. The van der Waals surface area contributed by atoms with Crippen LogP contribution in [0.15, 0.2) is 69.7 Å². The first kappa shape index (κ1) is 21.9. The van der Waals surface area contributed by atoms with Crippen LogP contribution in [-0.2, 0) is 28.7 Å². The van der Waals surface area contributed by atoms with E-state index >= 15 is 0 Å². The molecule has 11 heteroatoms. The molecule has 1 unspecified atom stereocenters. The third-order valence-corrected chi connectivity index (χ3v) is 5.16. The molecule has 3 heterocycles. The van der Waals surface area contributed by atoms with Crippen molar-refractivity contribution in [3.05, 3.63) is 89.4 Å². The number of nitrogens with zero attached hydrogens (tertiary/aromatic N) is 2. The Labute approximate surface area is 182 Å². The molecule has 0 amide bonds. The van der Waals surface area contributed by atoms with E-state index in [9.17, 15) is 13.8 Å². The third-order valence-electron chi connectivity index (χ3n) is 4.71. The number of nitrogen functional groups attached to an aromatic ring is 1. The molecule has 0 aliphatic heterocycles. The first-order valence-corrected chi connectivity index (χ1v) is 11.0.